The van der Waals surface area contributed by atoms with Gasteiger partial charge in [-0.15, -0.1) is 0 Å². The van der Waals surface area contributed by atoms with Crippen molar-refractivity contribution in [3.05, 3.63) is 99.8 Å². The Morgan fingerprint density at radius 2 is 1.55 bits per heavy atom. The van der Waals surface area contributed by atoms with Crippen molar-refractivity contribution in [2.45, 2.75) is 18.6 Å². The molecule has 0 aliphatic carbocycles. The van der Waals surface area contributed by atoms with Gasteiger partial charge in [0.2, 0.25) is 10.0 Å². The standard InChI is InChI=1S/C23H23Cl2N3O2S/c1-31(29,30)28(14-17-3-2-12-26-13-17)22-15-27(16-22)23(18-4-8-20(24)9-5-18)19-6-10-21(25)11-7-19/h2-13,22-23H,14-16H2,1H3. The van der Waals surface area contributed by atoms with Crippen LogP contribution in [0.25, 0.3) is 0 Å². The number of rotatable bonds is 7. The first kappa shape index (κ1) is 22.2. The molecule has 0 radical (unpaired) electrons. The topological polar surface area (TPSA) is 53.5 Å². The molecule has 1 fully saturated rings. The van der Waals surface area contributed by atoms with Gasteiger partial charge >= 0.3 is 0 Å². The summed E-state index contributed by atoms with van der Waals surface area (Å²) in [4.78, 5) is 6.38. The molecule has 0 atom stereocenters. The maximum atomic E-state index is 12.5. The van der Waals surface area contributed by atoms with E-state index >= 15 is 0 Å². The third-order valence-corrected chi connectivity index (χ3v) is 7.30. The van der Waals surface area contributed by atoms with Crippen LogP contribution < -0.4 is 0 Å². The molecule has 5 nitrogen and oxygen atoms in total. The lowest BCUT2D eigenvalue weighted by atomic mass is 9.93. The van der Waals surface area contributed by atoms with Crippen LogP contribution in [0.1, 0.15) is 22.7 Å². The highest BCUT2D eigenvalue weighted by Gasteiger charge is 2.40. The predicted molar refractivity (Wildman–Crippen MR) is 125 cm³/mol. The molecule has 8 heteroatoms. The van der Waals surface area contributed by atoms with Crippen molar-refractivity contribution in [1.82, 2.24) is 14.2 Å². The lowest BCUT2D eigenvalue weighted by Crippen LogP contribution is -2.61. The zero-order valence-corrected chi connectivity index (χ0v) is 19.4. The average molecular weight is 476 g/mol. The van der Waals surface area contributed by atoms with E-state index in [9.17, 15) is 8.42 Å². The van der Waals surface area contributed by atoms with Crippen LogP contribution in [0.3, 0.4) is 0 Å². The van der Waals surface area contributed by atoms with Crippen molar-refractivity contribution in [3.8, 4) is 0 Å². The number of likely N-dealkylation sites (tertiary alicyclic amines) is 1. The molecule has 2 heterocycles. The Kier molecular flexibility index (Phi) is 6.65. The minimum absolute atomic E-state index is 0.00872. The molecule has 0 unspecified atom stereocenters. The zero-order valence-electron chi connectivity index (χ0n) is 17.0. The quantitative estimate of drug-likeness (QED) is 0.499. The summed E-state index contributed by atoms with van der Waals surface area (Å²) in [6.07, 6.45) is 4.66. The number of benzene rings is 2. The first-order chi connectivity index (χ1) is 14.8. The third-order valence-electron chi connectivity index (χ3n) is 5.52. The summed E-state index contributed by atoms with van der Waals surface area (Å²) in [5, 5.41) is 1.36. The number of nitrogens with zero attached hydrogens (tertiary/aromatic N) is 3. The average Bonchev–Trinajstić information content (AvgIpc) is 2.71. The summed E-state index contributed by atoms with van der Waals surface area (Å²) in [5.41, 5.74) is 3.07. The lowest BCUT2D eigenvalue weighted by molar-refractivity contribution is 0.0507. The zero-order chi connectivity index (χ0) is 22.0. The molecule has 0 saturated carbocycles. The second-order valence-corrected chi connectivity index (χ2v) is 10.6. The molecule has 0 spiro atoms. The fraction of sp³-hybridized carbons (Fsp3) is 0.261. The maximum Gasteiger partial charge on any atom is 0.211 e. The van der Waals surface area contributed by atoms with Crippen molar-refractivity contribution in [2.75, 3.05) is 19.3 Å². The molecular weight excluding hydrogens is 453 g/mol. The van der Waals surface area contributed by atoms with Crippen LogP contribution in [0.15, 0.2) is 73.1 Å². The maximum absolute atomic E-state index is 12.5. The number of hydrogen-bond acceptors (Lipinski definition) is 4. The predicted octanol–water partition coefficient (Wildman–Crippen LogP) is 4.62. The second kappa shape index (κ2) is 9.27. The molecule has 0 N–H and O–H groups in total. The first-order valence-electron chi connectivity index (χ1n) is 9.92. The van der Waals surface area contributed by atoms with Gasteiger partial charge in [0, 0.05) is 42.1 Å². The number of halogens is 2. The van der Waals surface area contributed by atoms with E-state index in [4.69, 9.17) is 23.2 Å². The van der Waals surface area contributed by atoms with Gasteiger partial charge in [-0.2, -0.15) is 4.31 Å². The van der Waals surface area contributed by atoms with Gasteiger partial charge in [-0.3, -0.25) is 9.88 Å². The summed E-state index contributed by atoms with van der Waals surface area (Å²) in [7, 11) is -3.37. The Balaban J connectivity index is 1.57. The van der Waals surface area contributed by atoms with Crippen LogP contribution in [-0.2, 0) is 16.6 Å². The minimum atomic E-state index is -3.37. The van der Waals surface area contributed by atoms with Crippen LogP contribution in [0, 0.1) is 0 Å². The van der Waals surface area contributed by atoms with E-state index in [1.807, 2.05) is 60.7 Å². The molecular formula is C23H23Cl2N3O2S. The Hall–Kier alpha value is -1.96. The van der Waals surface area contributed by atoms with E-state index < -0.39 is 10.0 Å². The highest BCUT2D eigenvalue weighted by Crippen LogP contribution is 2.35. The van der Waals surface area contributed by atoms with Crippen LogP contribution in [0.5, 0.6) is 0 Å². The Morgan fingerprint density at radius 1 is 1.00 bits per heavy atom. The number of aromatic nitrogens is 1. The van der Waals surface area contributed by atoms with E-state index in [-0.39, 0.29) is 12.1 Å². The van der Waals surface area contributed by atoms with Gasteiger partial charge in [0.25, 0.3) is 0 Å². The van der Waals surface area contributed by atoms with Crippen molar-refractivity contribution < 1.29 is 8.42 Å². The highest BCUT2D eigenvalue weighted by atomic mass is 35.5. The van der Waals surface area contributed by atoms with E-state index in [1.165, 1.54) is 6.26 Å². The number of pyridine rings is 1. The van der Waals surface area contributed by atoms with Gasteiger partial charge < -0.3 is 0 Å². The van der Waals surface area contributed by atoms with Crippen LogP contribution >= 0.6 is 23.2 Å². The SMILES string of the molecule is CS(=O)(=O)N(Cc1cccnc1)C1CN(C(c2ccc(Cl)cc2)c2ccc(Cl)cc2)C1. The molecule has 3 aromatic rings. The summed E-state index contributed by atoms with van der Waals surface area (Å²) >= 11 is 12.2. The van der Waals surface area contributed by atoms with Crippen molar-refractivity contribution in [1.29, 1.82) is 0 Å². The molecule has 1 aliphatic rings. The molecule has 0 amide bonds. The molecule has 0 bridgehead atoms. The molecule has 1 aromatic heterocycles. The highest BCUT2D eigenvalue weighted by molar-refractivity contribution is 7.88. The largest absolute Gasteiger partial charge is 0.289 e. The second-order valence-electron chi connectivity index (χ2n) is 7.78. The fourth-order valence-corrected chi connectivity index (χ4v) is 5.28. The smallest absolute Gasteiger partial charge is 0.211 e. The van der Waals surface area contributed by atoms with Gasteiger partial charge in [0.15, 0.2) is 0 Å². The van der Waals surface area contributed by atoms with Crippen molar-refractivity contribution in [3.63, 3.8) is 0 Å². The summed E-state index contributed by atoms with van der Waals surface area (Å²) in [6, 6.07) is 19.2. The normalized spacial score (nSPS) is 15.4. The molecule has 1 aliphatic heterocycles. The summed E-state index contributed by atoms with van der Waals surface area (Å²) < 4.78 is 26.6. The van der Waals surface area contributed by atoms with Crippen molar-refractivity contribution >= 4 is 33.2 Å². The van der Waals surface area contributed by atoms with Crippen molar-refractivity contribution in [2.24, 2.45) is 0 Å². The van der Waals surface area contributed by atoms with Gasteiger partial charge in [0.05, 0.1) is 18.3 Å². The Bertz CT molecular complexity index is 1070. The summed E-state index contributed by atoms with van der Waals surface area (Å²) in [5.74, 6) is 0. The lowest BCUT2D eigenvalue weighted by Gasteiger charge is -2.48. The molecule has 4 rings (SSSR count). The molecule has 31 heavy (non-hydrogen) atoms. The monoisotopic (exact) mass is 475 g/mol. The Morgan fingerprint density at radius 3 is 2.00 bits per heavy atom. The van der Waals surface area contributed by atoms with Crippen LogP contribution in [0.4, 0.5) is 0 Å². The van der Waals surface area contributed by atoms with Gasteiger partial charge in [-0.25, -0.2) is 8.42 Å². The molecule has 1 saturated heterocycles. The summed E-state index contributed by atoms with van der Waals surface area (Å²) in [6.45, 7) is 1.57. The minimum Gasteiger partial charge on any atom is -0.289 e. The molecule has 2 aromatic carbocycles. The van der Waals surface area contributed by atoms with Gasteiger partial charge in [-0.05, 0) is 47.0 Å². The Labute approximate surface area is 193 Å². The fourth-order valence-electron chi connectivity index (χ4n) is 3.97. The van der Waals surface area contributed by atoms with E-state index in [0.29, 0.717) is 29.7 Å². The number of sulfonamides is 1. The third kappa shape index (κ3) is 5.27. The van der Waals surface area contributed by atoms with Gasteiger partial charge in [0.1, 0.15) is 0 Å². The van der Waals surface area contributed by atoms with Gasteiger partial charge in [-0.1, -0.05) is 53.5 Å². The first-order valence-corrected chi connectivity index (χ1v) is 12.5. The number of hydrogen-bond donors (Lipinski definition) is 0. The van der Waals surface area contributed by atoms with E-state index in [0.717, 1.165) is 16.7 Å². The molecule has 162 valence electrons. The van der Waals surface area contributed by atoms with Crippen LogP contribution in [-0.4, -0.2) is 48.0 Å². The van der Waals surface area contributed by atoms with Crippen LogP contribution in [0.2, 0.25) is 10.0 Å². The van der Waals surface area contributed by atoms with E-state index in [1.54, 1.807) is 16.7 Å². The van der Waals surface area contributed by atoms with E-state index in [2.05, 4.69) is 9.88 Å².